The second kappa shape index (κ2) is 4.69. The normalized spacial score (nSPS) is 22.2. The number of nitrogens with zero attached hydrogens (tertiary/aromatic N) is 3. The number of aromatic nitrogens is 2. The van der Waals surface area contributed by atoms with Crippen molar-refractivity contribution < 1.29 is 9.26 Å². The van der Waals surface area contributed by atoms with Crippen LogP contribution >= 0.6 is 0 Å². The maximum atomic E-state index is 5.33. The molecule has 1 saturated heterocycles. The number of hydrogen-bond acceptors (Lipinski definition) is 6. The monoisotopic (exact) mass is 212 g/mol. The second-order valence-corrected chi connectivity index (χ2v) is 3.87. The van der Waals surface area contributed by atoms with E-state index in [1.807, 2.05) is 19.0 Å². The van der Waals surface area contributed by atoms with Crippen molar-refractivity contribution in [2.24, 2.45) is 0 Å². The number of ether oxygens (including phenoxy) is 1. The van der Waals surface area contributed by atoms with Gasteiger partial charge in [0.2, 0.25) is 5.89 Å². The molecule has 6 heteroatoms. The molecule has 0 bridgehead atoms. The van der Waals surface area contributed by atoms with Gasteiger partial charge >= 0.3 is 0 Å². The average molecular weight is 212 g/mol. The van der Waals surface area contributed by atoms with Crippen molar-refractivity contribution in [3.8, 4) is 0 Å². The van der Waals surface area contributed by atoms with Crippen LogP contribution in [0.15, 0.2) is 4.52 Å². The molecule has 2 rings (SSSR count). The van der Waals surface area contributed by atoms with Gasteiger partial charge in [-0.1, -0.05) is 5.16 Å². The van der Waals surface area contributed by atoms with E-state index in [2.05, 4.69) is 15.5 Å². The standard InChI is InChI=1S/C9H16N4O2/c1-13(2)5-8-11-9(12-15-8)7-6-14-4-3-10-7/h7,10H,3-6H2,1-2H3. The first kappa shape index (κ1) is 10.5. The molecule has 1 aromatic heterocycles. The van der Waals surface area contributed by atoms with E-state index in [0.717, 1.165) is 13.2 Å². The Balaban J connectivity index is 1.99. The van der Waals surface area contributed by atoms with Crippen LogP contribution < -0.4 is 5.32 Å². The van der Waals surface area contributed by atoms with Crippen LogP contribution in [0.4, 0.5) is 0 Å². The average Bonchev–Trinajstić information content (AvgIpc) is 2.67. The summed E-state index contributed by atoms with van der Waals surface area (Å²) < 4.78 is 10.5. The summed E-state index contributed by atoms with van der Waals surface area (Å²) in [7, 11) is 3.93. The zero-order valence-electron chi connectivity index (χ0n) is 9.06. The van der Waals surface area contributed by atoms with E-state index in [1.165, 1.54) is 0 Å². The van der Waals surface area contributed by atoms with Crippen LogP contribution in [0, 0.1) is 0 Å². The van der Waals surface area contributed by atoms with Crippen LogP contribution in [0.1, 0.15) is 17.8 Å². The fourth-order valence-electron chi connectivity index (χ4n) is 1.48. The van der Waals surface area contributed by atoms with E-state index in [-0.39, 0.29) is 6.04 Å². The lowest BCUT2D eigenvalue weighted by Crippen LogP contribution is -2.35. The van der Waals surface area contributed by atoms with E-state index in [9.17, 15) is 0 Å². The number of nitrogens with one attached hydrogen (secondary N) is 1. The SMILES string of the molecule is CN(C)Cc1nc(C2COCCN2)no1. The first-order chi connectivity index (χ1) is 7.25. The highest BCUT2D eigenvalue weighted by Crippen LogP contribution is 2.12. The molecule has 0 radical (unpaired) electrons. The highest BCUT2D eigenvalue weighted by molar-refractivity contribution is 4.95. The highest BCUT2D eigenvalue weighted by atomic mass is 16.5. The fourth-order valence-corrected chi connectivity index (χ4v) is 1.48. The van der Waals surface area contributed by atoms with E-state index in [1.54, 1.807) is 0 Å². The summed E-state index contributed by atoms with van der Waals surface area (Å²) >= 11 is 0. The first-order valence-corrected chi connectivity index (χ1v) is 5.04. The van der Waals surface area contributed by atoms with Gasteiger partial charge in [0.15, 0.2) is 5.82 Å². The minimum Gasteiger partial charge on any atom is -0.378 e. The number of rotatable bonds is 3. The third kappa shape index (κ3) is 2.74. The van der Waals surface area contributed by atoms with Gasteiger partial charge in [0, 0.05) is 6.54 Å². The summed E-state index contributed by atoms with van der Waals surface area (Å²) in [5, 5.41) is 7.22. The van der Waals surface area contributed by atoms with Crippen LogP contribution in [0.3, 0.4) is 0 Å². The lowest BCUT2D eigenvalue weighted by Gasteiger charge is -2.20. The summed E-state index contributed by atoms with van der Waals surface area (Å²) in [6.07, 6.45) is 0. The Kier molecular flexibility index (Phi) is 3.30. The van der Waals surface area contributed by atoms with Crippen molar-refractivity contribution in [2.45, 2.75) is 12.6 Å². The van der Waals surface area contributed by atoms with Gasteiger partial charge in [0.25, 0.3) is 0 Å². The molecule has 1 N–H and O–H groups in total. The summed E-state index contributed by atoms with van der Waals surface area (Å²) in [5.41, 5.74) is 0. The van der Waals surface area contributed by atoms with Crippen molar-refractivity contribution >= 4 is 0 Å². The molecule has 0 aliphatic carbocycles. The lowest BCUT2D eigenvalue weighted by atomic mass is 10.2. The topological polar surface area (TPSA) is 63.4 Å². The molecule has 0 saturated carbocycles. The van der Waals surface area contributed by atoms with Gasteiger partial charge in [-0.05, 0) is 14.1 Å². The zero-order chi connectivity index (χ0) is 10.7. The molecule has 2 heterocycles. The summed E-state index contributed by atoms with van der Waals surface area (Å²) in [5.74, 6) is 1.33. The predicted molar refractivity (Wildman–Crippen MR) is 53.3 cm³/mol. The van der Waals surface area contributed by atoms with E-state index < -0.39 is 0 Å². The largest absolute Gasteiger partial charge is 0.378 e. The third-order valence-electron chi connectivity index (χ3n) is 2.17. The zero-order valence-corrected chi connectivity index (χ0v) is 9.06. The molecule has 1 aromatic rings. The molecular formula is C9H16N4O2. The molecule has 0 amide bonds. The molecule has 15 heavy (non-hydrogen) atoms. The highest BCUT2D eigenvalue weighted by Gasteiger charge is 2.20. The van der Waals surface area contributed by atoms with Gasteiger partial charge in [-0.2, -0.15) is 4.98 Å². The Labute approximate surface area is 88.6 Å². The van der Waals surface area contributed by atoms with Crippen LogP contribution in [-0.2, 0) is 11.3 Å². The maximum Gasteiger partial charge on any atom is 0.240 e. The summed E-state index contributed by atoms with van der Waals surface area (Å²) in [6.45, 7) is 2.86. The Morgan fingerprint density at radius 2 is 2.40 bits per heavy atom. The number of morpholine rings is 1. The molecule has 1 unspecified atom stereocenters. The van der Waals surface area contributed by atoms with Gasteiger partial charge in [0.05, 0.1) is 25.8 Å². The molecule has 0 aromatic carbocycles. The van der Waals surface area contributed by atoms with Crippen LogP contribution in [-0.4, -0.2) is 48.9 Å². The minimum absolute atomic E-state index is 0.0680. The van der Waals surface area contributed by atoms with Gasteiger partial charge in [-0.15, -0.1) is 0 Å². The Morgan fingerprint density at radius 3 is 3.07 bits per heavy atom. The molecule has 1 fully saturated rings. The predicted octanol–water partition coefficient (Wildman–Crippen LogP) is -0.208. The minimum atomic E-state index is 0.0680. The lowest BCUT2D eigenvalue weighted by molar-refractivity contribution is 0.0734. The van der Waals surface area contributed by atoms with E-state index in [0.29, 0.717) is 24.9 Å². The molecule has 0 spiro atoms. The molecule has 1 atom stereocenters. The van der Waals surface area contributed by atoms with Crippen LogP contribution in [0.25, 0.3) is 0 Å². The van der Waals surface area contributed by atoms with Crippen molar-refractivity contribution in [3.05, 3.63) is 11.7 Å². The fraction of sp³-hybridized carbons (Fsp3) is 0.778. The summed E-state index contributed by atoms with van der Waals surface area (Å²) in [6, 6.07) is 0.0680. The number of hydrogen-bond donors (Lipinski definition) is 1. The second-order valence-electron chi connectivity index (χ2n) is 3.87. The maximum absolute atomic E-state index is 5.33. The van der Waals surface area contributed by atoms with Crippen molar-refractivity contribution in [1.82, 2.24) is 20.4 Å². The Bertz CT molecular complexity index is 307. The first-order valence-electron chi connectivity index (χ1n) is 5.04. The van der Waals surface area contributed by atoms with Gasteiger partial charge in [0.1, 0.15) is 0 Å². The van der Waals surface area contributed by atoms with E-state index >= 15 is 0 Å². The third-order valence-corrected chi connectivity index (χ3v) is 2.17. The molecule has 6 nitrogen and oxygen atoms in total. The van der Waals surface area contributed by atoms with Crippen molar-refractivity contribution in [1.29, 1.82) is 0 Å². The molecule has 84 valence electrons. The van der Waals surface area contributed by atoms with Gasteiger partial charge < -0.3 is 19.5 Å². The quantitative estimate of drug-likeness (QED) is 0.748. The molecule has 1 aliphatic rings. The van der Waals surface area contributed by atoms with Crippen molar-refractivity contribution in [2.75, 3.05) is 33.9 Å². The van der Waals surface area contributed by atoms with Crippen LogP contribution in [0.5, 0.6) is 0 Å². The Hall–Kier alpha value is -0.980. The Morgan fingerprint density at radius 1 is 1.53 bits per heavy atom. The van der Waals surface area contributed by atoms with E-state index in [4.69, 9.17) is 9.26 Å². The molecular weight excluding hydrogens is 196 g/mol. The molecule has 1 aliphatic heterocycles. The van der Waals surface area contributed by atoms with Gasteiger partial charge in [-0.3, -0.25) is 0 Å². The smallest absolute Gasteiger partial charge is 0.240 e. The van der Waals surface area contributed by atoms with Crippen LogP contribution in [0.2, 0.25) is 0 Å². The summed E-state index contributed by atoms with van der Waals surface area (Å²) in [4.78, 5) is 6.30. The van der Waals surface area contributed by atoms with Crippen molar-refractivity contribution in [3.63, 3.8) is 0 Å². The van der Waals surface area contributed by atoms with Gasteiger partial charge in [-0.25, -0.2) is 0 Å².